The molecule has 2 N–H and O–H groups in total. The summed E-state index contributed by atoms with van der Waals surface area (Å²) in [4.78, 5) is 8.85. The second-order valence-electron chi connectivity index (χ2n) is 6.90. The molecule has 0 unspecified atom stereocenters. The van der Waals surface area contributed by atoms with Crippen molar-refractivity contribution in [3.8, 4) is 23.0 Å². The molecule has 1 aliphatic rings. The smallest absolute Gasteiger partial charge is 0.203 e. The lowest BCUT2D eigenvalue weighted by molar-refractivity contribution is 0.323. The Hall–Kier alpha value is -2.56. The number of piperazine rings is 1. The van der Waals surface area contributed by atoms with E-state index < -0.39 is 0 Å². The number of ether oxygens (including phenoxy) is 3. The van der Waals surface area contributed by atoms with Gasteiger partial charge in [0.25, 0.3) is 0 Å². The highest BCUT2D eigenvalue weighted by atomic mass is 127. The summed E-state index contributed by atoms with van der Waals surface area (Å²) in [6.45, 7) is 3.81. The molecule has 170 valence electrons. The Bertz CT molecular complexity index is 861. The van der Waals surface area contributed by atoms with E-state index in [9.17, 15) is 5.11 Å². The molecule has 2 aromatic rings. The van der Waals surface area contributed by atoms with Crippen LogP contribution in [-0.2, 0) is 6.54 Å². The van der Waals surface area contributed by atoms with E-state index in [4.69, 9.17) is 14.2 Å². The first-order valence-corrected chi connectivity index (χ1v) is 9.88. The topological polar surface area (TPSA) is 78.8 Å². The van der Waals surface area contributed by atoms with Crippen molar-refractivity contribution in [3.05, 3.63) is 42.0 Å². The molecule has 1 aliphatic heterocycles. The molecule has 0 aromatic heterocycles. The molecule has 0 atom stereocenters. The molecule has 0 amide bonds. The van der Waals surface area contributed by atoms with Crippen LogP contribution in [0.25, 0.3) is 0 Å². The first-order valence-electron chi connectivity index (χ1n) is 9.88. The number of benzene rings is 2. The molecular formula is C22H31IN4O4. The first kappa shape index (κ1) is 24.7. The Labute approximate surface area is 200 Å². The summed E-state index contributed by atoms with van der Waals surface area (Å²) >= 11 is 0. The molecule has 0 bridgehead atoms. The van der Waals surface area contributed by atoms with E-state index in [1.807, 2.05) is 30.3 Å². The van der Waals surface area contributed by atoms with Crippen LogP contribution in [0.2, 0.25) is 0 Å². The van der Waals surface area contributed by atoms with E-state index >= 15 is 0 Å². The van der Waals surface area contributed by atoms with Gasteiger partial charge in [0.05, 0.1) is 27.0 Å². The molecule has 1 saturated heterocycles. The fraction of sp³-hybridized carbons (Fsp3) is 0.409. The highest BCUT2D eigenvalue weighted by molar-refractivity contribution is 14.0. The van der Waals surface area contributed by atoms with Crippen molar-refractivity contribution < 1.29 is 19.3 Å². The molecule has 3 rings (SSSR count). The number of nitrogens with zero attached hydrogens (tertiary/aromatic N) is 3. The third-order valence-electron chi connectivity index (χ3n) is 5.19. The quantitative estimate of drug-likeness (QED) is 0.330. The van der Waals surface area contributed by atoms with Crippen LogP contribution < -0.4 is 24.4 Å². The Balaban J connectivity index is 0.00000341. The van der Waals surface area contributed by atoms with Gasteiger partial charge in [-0.05, 0) is 29.8 Å². The van der Waals surface area contributed by atoms with Crippen LogP contribution in [0.3, 0.4) is 0 Å². The fourth-order valence-electron chi connectivity index (χ4n) is 3.64. The van der Waals surface area contributed by atoms with Crippen molar-refractivity contribution in [1.29, 1.82) is 0 Å². The molecule has 0 spiro atoms. The van der Waals surface area contributed by atoms with Gasteiger partial charge in [0.2, 0.25) is 5.75 Å². The SMILES string of the molecule is CN=C(NCc1cc(OC)c(OC)c(OC)c1)N1CCN(c2ccccc2O)CC1.I. The van der Waals surface area contributed by atoms with Crippen molar-refractivity contribution in [3.63, 3.8) is 0 Å². The standard InChI is InChI=1S/C22H30N4O4.HI/c1-23-22(24-15-16-13-19(28-2)21(30-4)20(14-16)29-3)26-11-9-25(10-12-26)17-7-5-6-8-18(17)27;/h5-8,13-14,27H,9-12,15H2,1-4H3,(H,23,24);1H. The summed E-state index contributed by atoms with van der Waals surface area (Å²) < 4.78 is 16.3. The summed E-state index contributed by atoms with van der Waals surface area (Å²) in [6, 6.07) is 11.3. The minimum absolute atomic E-state index is 0. The number of methoxy groups -OCH3 is 3. The van der Waals surface area contributed by atoms with Crippen LogP contribution >= 0.6 is 24.0 Å². The highest BCUT2D eigenvalue weighted by Crippen LogP contribution is 2.38. The molecule has 2 aromatic carbocycles. The number of phenols is 1. The Morgan fingerprint density at radius 1 is 1.00 bits per heavy atom. The number of guanidine groups is 1. The summed E-state index contributed by atoms with van der Waals surface area (Å²) in [5.74, 6) is 2.98. The van der Waals surface area contributed by atoms with Crippen LogP contribution in [0.15, 0.2) is 41.4 Å². The first-order chi connectivity index (χ1) is 14.6. The number of anilines is 1. The van der Waals surface area contributed by atoms with E-state index in [0.717, 1.165) is 43.4 Å². The Morgan fingerprint density at radius 2 is 1.61 bits per heavy atom. The summed E-state index contributed by atoms with van der Waals surface area (Å²) in [7, 11) is 6.59. The molecule has 9 heteroatoms. The molecule has 0 saturated carbocycles. The van der Waals surface area contributed by atoms with Crippen LogP contribution in [0, 0.1) is 0 Å². The van der Waals surface area contributed by atoms with Crippen molar-refractivity contribution in [2.24, 2.45) is 4.99 Å². The largest absolute Gasteiger partial charge is 0.506 e. The van der Waals surface area contributed by atoms with Gasteiger partial charge in [-0.15, -0.1) is 24.0 Å². The maximum atomic E-state index is 10.1. The van der Waals surface area contributed by atoms with E-state index in [2.05, 4.69) is 20.1 Å². The summed E-state index contributed by atoms with van der Waals surface area (Å²) in [6.07, 6.45) is 0. The van der Waals surface area contributed by atoms with Crippen LogP contribution in [0.4, 0.5) is 5.69 Å². The third kappa shape index (κ3) is 5.78. The van der Waals surface area contributed by atoms with Gasteiger partial charge in [-0.2, -0.15) is 0 Å². The molecule has 31 heavy (non-hydrogen) atoms. The number of para-hydroxylation sites is 2. The number of hydrogen-bond acceptors (Lipinski definition) is 6. The zero-order valence-corrected chi connectivity index (χ0v) is 20.8. The average molecular weight is 542 g/mol. The van der Waals surface area contributed by atoms with Gasteiger partial charge in [-0.25, -0.2) is 0 Å². The molecule has 1 fully saturated rings. The number of aliphatic imine (C=N–C) groups is 1. The number of rotatable bonds is 6. The van der Waals surface area contributed by atoms with E-state index in [0.29, 0.717) is 29.5 Å². The number of hydrogen-bond donors (Lipinski definition) is 2. The van der Waals surface area contributed by atoms with Gasteiger partial charge in [0, 0.05) is 39.8 Å². The molecule has 0 aliphatic carbocycles. The second-order valence-corrected chi connectivity index (χ2v) is 6.90. The maximum Gasteiger partial charge on any atom is 0.203 e. The minimum atomic E-state index is 0. The lowest BCUT2D eigenvalue weighted by Crippen LogP contribution is -2.52. The number of phenolic OH excluding ortho intramolecular Hbond substituents is 1. The van der Waals surface area contributed by atoms with E-state index in [1.165, 1.54) is 0 Å². The summed E-state index contributed by atoms with van der Waals surface area (Å²) in [5, 5.41) is 13.5. The van der Waals surface area contributed by atoms with Gasteiger partial charge < -0.3 is 34.4 Å². The molecular weight excluding hydrogens is 511 g/mol. The van der Waals surface area contributed by atoms with Gasteiger partial charge in [-0.1, -0.05) is 12.1 Å². The van der Waals surface area contributed by atoms with Gasteiger partial charge in [0.15, 0.2) is 17.5 Å². The molecule has 0 radical (unpaired) electrons. The monoisotopic (exact) mass is 542 g/mol. The zero-order valence-electron chi connectivity index (χ0n) is 18.4. The van der Waals surface area contributed by atoms with Crippen LogP contribution in [0.1, 0.15) is 5.56 Å². The highest BCUT2D eigenvalue weighted by Gasteiger charge is 2.21. The predicted octanol–water partition coefficient (Wildman–Crippen LogP) is 2.93. The second kappa shape index (κ2) is 11.7. The van der Waals surface area contributed by atoms with Crippen LogP contribution in [0.5, 0.6) is 23.0 Å². The normalized spacial score (nSPS) is 14.0. The Morgan fingerprint density at radius 3 is 2.13 bits per heavy atom. The lowest BCUT2D eigenvalue weighted by Gasteiger charge is -2.37. The maximum absolute atomic E-state index is 10.1. The van der Waals surface area contributed by atoms with Crippen molar-refractivity contribution in [2.45, 2.75) is 6.54 Å². The minimum Gasteiger partial charge on any atom is -0.506 e. The van der Waals surface area contributed by atoms with Crippen molar-refractivity contribution in [1.82, 2.24) is 10.2 Å². The van der Waals surface area contributed by atoms with Gasteiger partial charge in [-0.3, -0.25) is 4.99 Å². The average Bonchev–Trinajstić information content (AvgIpc) is 2.79. The van der Waals surface area contributed by atoms with Crippen molar-refractivity contribution in [2.75, 3.05) is 59.5 Å². The van der Waals surface area contributed by atoms with E-state index in [-0.39, 0.29) is 24.0 Å². The summed E-state index contributed by atoms with van der Waals surface area (Å²) in [5.41, 5.74) is 1.87. The van der Waals surface area contributed by atoms with Gasteiger partial charge in [0.1, 0.15) is 5.75 Å². The fourth-order valence-corrected chi connectivity index (χ4v) is 3.64. The number of nitrogens with one attached hydrogen (secondary N) is 1. The van der Waals surface area contributed by atoms with E-state index in [1.54, 1.807) is 34.4 Å². The van der Waals surface area contributed by atoms with Crippen LogP contribution in [-0.4, -0.2) is 70.5 Å². The third-order valence-corrected chi connectivity index (χ3v) is 5.19. The lowest BCUT2D eigenvalue weighted by atomic mass is 10.1. The molecule has 1 heterocycles. The van der Waals surface area contributed by atoms with Gasteiger partial charge >= 0.3 is 0 Å². The molecule has 8 nitrogen and oxygen atoms in total. The number of halogens is 1. The predicted molar refractivity (Wildman–Crippen MR) is 134 cm³/mol. The Kier molecular flexibility index (Phi) is 9.35. The zero-order chi connectivity index (χ0) is 21.5. The van der Waals surface area contributed by atoms with Crippen molar-refractivity contribution >= 4 is 35.6 Å². The number of aromatic hydroxyl groups is 1.